The molecule has 0 aliphatic carbocycles. The average Bonchev–Trinajstić information content (AvgIpc) is 2.86. The number of hydrogen-bond donors (Lipinski definition) is 0. The van der Waals surface area contributed by atoms with Gasteiger partial charge in [0.05, 0.1) is 24.3 Å². The summed E-state index contributed by atoms with van der Waals surface area (Å²) in [7, 11) is -2.66. The maximum atomic E-state index is 14.0. The summed E-state index contributed by atoms with van der Waals surface area (Å²) in [4.78, 5) is 12.7. The van der Waals surface area contributed by atoms with Crippen LogP contribution in [-0.2, 0) is 25.9 Å². The molecule has 0 N–H and O–H groups in total. The van der Waals surface area contributed by atoms with Gasteiger partial charge in [-0.3, -0.25) is 4.31 Å². The van der Waals surface area contributed by atoms with Gasteiger partial charge in [0.25, 0.3) is 10.0 Å². The Bertz CT molecular complexity index is 1210. The normalized spacial score (nSPS) is 18.1. The van der Waals surface area contributed by atoms with E-state index in [2.05, 4.69) is 33.8 Å². The zero-order valence-corrected chi connectivity index (χ0v) is 22.7. The van der Waals surface area contributed by atoms with Crippen LogP contribution < -0.4 is 9.04 Å². The Balaban J connectivity index is 1.69. The number of fused-ring (bicyclic) bond motifs is 1. The van der Waals surface area contributed by atoms with E-state index in [9.17, 15) is 13.2 Å². The Labute approximate surface area is 214 Å². The first kappa shape index (κ1) is 26.5. The average molecular weight is 516 g/mol. The van der Waals surface area contributed by atoms with Crippen LogP contribution >= 0.6 is 0 Å². The third-order valence-corrected chi connectivity index (χ3v) is 8.80. The summed E-state index contributed by atoms with van der Waals surface area (Å²) in [5, 5.41) is 0. The molecular formula is C28H37NO6S. The fourth-order valence-electron chi connectivity index (χ4n) is 4.92. The van der Waals surface area contributed by atoms with Gasteiger partial charge in [-0.1, -0.05) is 39.8 Å². The first-order valence-corrected chi connectivity index (χ1v) is 14.0. The van der Waals surface area contributed by atoms with Crippen molar-refractivity contribution >= 4 is 21.7 Å². The van der Waals surface area contributed by atoms with Gasteiger partial charge in [0, 0.05) is 19.8 Å². The zero-order chi connectivity index (χ0) is 26.1. The van der Waals surface area contributed by atoms with Crippen LogP contribution in [0.15, 0.2) is 41.3 Å². The molecule has 2 heterocycles. The lowest BCUT2D eigenvalue weighted by Gasteiger charge is -2.40. The molecule has 4 rings (SSSR count). The fourth-order valence-corrected chi connectivity index (χ4v) is 6.64. The summed E-state index contributed by atoms with van der Waals surface area (Å²) in [6.07, 6.45) is 2.58. The summed E-state index contributed by atoms with van der Waals surface area (Å²) in [5.41, 5.74) is 2.76. The topological polar surface area (TPSA) is 82.1 Å². The number of nitrogens with zero attached hydrogens (tertiary/aromatic N) is 1. The molecule has 0 saturated carbocycles. The number of sulfonamides is 1. The zero-order valence-electron chi connectivity index (χ0n) is 21.9. The van der Waals surface area contributed by atoms with E-state index < -0.39 is 16.0 Å². The van der Waals surface area contributed by atoms with Gasteiger partial charge in [-0.05, 0) is 71.9 Å². The van der Waals surface area contributed by atoms with Crippen molar-refractivity contribution in [2.24, 2.45) is 11.3 Å². The first-order chi connectivity index (χ1) is 17.0. The van der Waals surface area contributed by atoms with Crippen LogP contribution in [-0.4, -0.2) is 47.9 Å². The van der Waals surface area contributed by atoms with Gasteiger partial charge < -0.3 is 14.2 Å². The molecule has 0 spiro atoms. The minimum atomic E-state index is -3.94. The quantitative estimate of drug-likeness (QED) is 0.473. The Morgan fingerprint density at radius 1 is 1.14 bits per heavy atom. The van der Waals surface area contributed by atoms with Crippen molar-refractivity contribution in [1.29, 1.82) is 0 Å². The number of rotatable bonds is 7. The largest absolute Gasteiger partial charge is 0.492 e. The lowest BCUT2D eigenvalue weighted by Crippen LogP contribution is -2.44. The van der Waals surface area contributed by atoms with E-state index in [1.807, 2.05) is 12.1 Å². The standard InChI is InChI=1S/C28H37NO6S/c1-19(2)21-6-8-25-22(14-21)16-28(3,4)18-29(25)36(31,32)23-7-9-26(24(15-23)27(30)33-5)35-17-20-10-12-34-13-11-20/h6-9,14-15,19-20H,10-13,16-18H2,1-5H3. The summed E-state index contributed by atoms with van der Waals surface area (Å²) < 4.78 is 45.7. The van der Waals surface area contributed by atoms with E-state index >= 15 is 0 Å². The predicted molar refractivity (Wildman–Crippen MR) is 139 cm³/mol. The van der Waals surface area contributed by atoms with Crippen molar-refractivity contribution in [3.63, 3.8) is 0 Å². The fraction of sp³-hybridized carbons (Fsp3) is 0.536. The van der Waals surface area contributed by atoms with Gasteiger partial charge in [0.2, 0.25) is 0 Å². The Hall–Kier alpha value is -2.58. The Kier molecular flexibility index (Phi) is 7.67. The van der Waals surface area contributed by atoms with Crippen molar-refractivity contribution in [3.05, 3.63) is 53.1 Å². The molecule has 7 nitrogen and oxygen atoms in total. The summed E-state index contributed by atoms with van der Waals surface area (Å²) >= 11 is 0. The first-order valence-electron chi connectivity index (χ1n) is 12.6. The van der Waals surface area contributed by atoms with Gasteiger partial charge in [0.15, 0.2) is 0 Å². The number of carbonyl (C=O) groups excluding carboxylic acids is 1. The number of esters is 1. The third kappa shape index (κ3) is 5.54. The molecule has 2 aliphatic heterocycles. The molecule has 0 radical (unpaired) electrons. The van der Waals surface area contributed by atoms with E-state index in [1.54, 1.807) is 6.07 Å². The Morgan fingerprint density at radius 3 is 2.53 bits per heavy atom. The minimum absolute atomic E-state index is 0.0397. The second kappa shape index (κ2) is 10.4. The van der Waals surface area contributed by atoms with Crippen molar-refractivity contribution in [2.75, 3.05) is 37.8 Å². The van der Waals surface area contributed by atoms with Gasteiger partial charge in [0.1, 0.15) is 11.3 Å². The highest BCUT2D eigenvalue weighted by molar-refractivity contribution is 7.92. The highest BCUT2D eigenvalue weighted by Crippen LogP contribution is 2.41. The summed E-state index contributed by atoms with van der Waals surface area (Å²) in [5.74, 6) is 0.375. The van der Waals surface area contributed by atoms with E-state index in [0.717, 1.165) is 24.8 Å². The monoisotopic (exact) mass is 515 g/mol. The van der Waals surface area contributed by atoms with Crippen molar-refractivity contribution in [2.45, 2.75) is 57.8 Å². The maximum Gasteiger partial charge on any atom is 0.341 e. The molecule has 2 aromatic rings. The second-order valence-corrected chi connectivity index (χ2v) is 12.8. The number of methoxy groups -OCH3 is 1. The van der Waals surface area contributed by atoms with Crippen LogP contribution in [0.5, 0.6) is 5.75 Å². The van der Waals surface area contributed by atoms with Crippen molar-refractivity contribution in [1.82, 2.24) is 0 Å². The molecular weight excluding hydrogens is 478 g/mol. The van der Waals surface area contributed by atoms with Crippen LogP contribution in [0, 0.1) is 11.3 Å². The number of hydrogen-bond acceptors (Lipinski definition) is 6. The van der Waals surface area contributed by atoms with Crippen molar-refractivity contribution in [3.8, 4) is 5.75 Å². The van der Waals surface area contributed by atoms with Gasteiger partial charge in [-0.2, -0.15) is 0 Å². The molecule has 0 aromatic heterocycles. The van der Waals surface area contributed by atoms with E-state index in [4.69, 9.17) is 14.2 Å². The molecule has 0 atom stereocenters. The van der Waals surface area contributed by atoms with Crippen LogP contribution in [0.1, 0.15) is 67.9 Å². The van der Waals surface area contributed by atoms with Gasteiger partial charge in [-0.25, -0.2) is 13.2 Å². The maximum absolute atomic E-state index is 14.0. The number of ether oxygens (including phenoxy) is 3. The molecule has 1 fully saturated rings. The van der Waals surface area contributed by atoms with Crippen LogP contribution in [0.25, 0.3) is 0 Å². The SMILES string of the molecule is COC(=O)c1cc(S(=O)(=O)N2CC(C)(C)Cc3cc(C(C)C)ccc32)ccc1OCC1CCOCC1. The molecule has 8 heteroatoms. The van der Waals surface area contributed by atoms with Crippen molar-refractivity contribution < 1.29 is 27.4 Å². The van der Waals surface area contributed by atoms with Gasteiger partial charge in [-0.15, -0.1) is 0 Å². The predicted octanol–water partition coefficient (Wildman–Crippen LogP) is 5.18. The van der Waals surface area contributed by atoms with E-state index in [-0.39, 0.29) is 15.9 Å². The molecule has 2 aliphatic rings. The lowest BCUT2D eigenvalue weighted by molar-refractivity contribution is 0.0483. The molecule has 0 unspecified atom stereocenters. The highest BCUT2D eigenvalue weighted by atomic mass is 32.2. The van der Waals surface area contributed by atoms with E-state index in [0.29, 0.717) is 49.6 Å². The molecule has 0 bridgehead atoms. The van der Waals surface area contributed by atoms with Gasteiger partial charge >= 0.3 is 5.97 Å². The van der Waals surface area contributed by atoms with Crippen LogP contribution in [0.4, 0.5) is 5.69 Å². The molecule has 36 heavy (non-hydrogen) atoms. The molecule has 1 saturated heterocycles. The van der Waals surface area contributed by atoms with Crippen LogP contribution in [0.3, 0.4) is 0 Å². The molecule has 0 amide bonds. The summed E-state index contributed by atoms with van der Waals surface area (Å²) in [6.45, 7) is 10.6. The lowest BCUT2D eigenvalue weighted by atomic mass is 9.81. The summed E-state index contributed by atoms with van der Waals surface area (Å²) in [6, 6.07) is 10.5. The number of carbonyl (C=O) groups is 1. The minimum Gasteiger partial charge on any atom is -0.492 e. The number of benzene rings is 2. The van der Waals surface area contributed by atoms with Crippen LogP contribution in [0.2, 0.25) is 0 Å². The highest BCUT2D eigenvalue weighted by Gasteiger charge is 2.38. The third-order valence-electron chi connectivity index (χ3n) is 7.04. The number of anilines is 1. The molecule has 196 valence electrons. The molecule has 2 aromatic carbocycles. The smallest absolute Gasteiger partial charge is 0.341 e. The second-order valence-electron chi connectivity index (χ2n) is 10.9. The van der Waals surface area contributed by atoms with E-state index in [1.165, 1.54) is 29.1 Å². The Morgan fingerprint density at radius 2 is 1.86 bits per heavy atom.